The fraction of sp³-hybridized carbons (Fsp3) is 0.333. The van der Waals surface area contributed by atoms with Crippen molar-refractivity contribution in [1.82, 2.24) is 4.31 Å². The van der Waals surface area contributed by atoms with Crippen LogP contribution in [0.25, 0.3) is 0 Å². The highest BCUT2D eigenvalue weighted by atomic mass is 32.2. The van der Waals surface area contributed by atoms with Crippen molar-refractivity contribution < 1.29 is 32.6 Å². The van der Waals surface area contributed by atoms with E-state index in [1.807, 2.05) is 0 Å². The number of ether oxygens (including phenoxy) is 2. The van der Waals surface area contributed by atoms with Crippen molar-refractivity contribution in [1.29, 1.82) is 0 Å². The third-order valence-corrected chi connectivity index (χ3v) is 6.81. The van der Waals surface area contributed by atoms with Gasteiger partial charge >= 0.3 is 5.97 Å². The zero-order valence-electron chi connectivity index (χ0n) is 17.3. The molecular weight excluding hydrogens is 424 g/mol. The molecule has 1 saturated heterocycles. The van der Waals surface area contributed by atoms with E-state index >= 15 is 0 Å². The Labute approximate surface area is 180 Å². The Bertz CT molecular complexity index is 1090. The molecule has 10 heteroatoms. The van der Waals surface area contributed by atoms with Crippen LogP contribution < -0.4 is 5.32 Å². The molecule has 0 bridgehead atoms. The van der Waals surface area contributed by atoms with Gasteiger partial charge in [-0.25, -0.2) is 13.2 Å². The number of phenolic OH excluding ortho intramolecular Hbond substituents is 1. The van der Waals surface area contributed by atoms with E-state index < -0.39 is 28.5 Å². The Balaban J connectivity index is 1.67. The molecule has 0 unspecified atom stereocenters. The summed E-state index contributed by atoms with van der Waals surface area (Å²) in [6, 6.07) is 9.01. The SMILES string of the molecule is Cc1ccc(O)c(C(=O)OCC(=O)Nc2ccc(C)c(S(=O)(=O)N3CCOCC3)c2)c1. The van der Waals surface area contributed by atoms with Crippen molar-refractivity contribution in [3.8, 4) is 5.75 Å². The average Bonchev–Trinajstić information content (AvgIpc) is 2.75. The molecular formula is C21H24N2O7S. The van der Waals surface area contributed by atoms with E-state index in [4.69, 9.17) is 9.47 Å². The van der Waals surface area contributed by atoms with Gasteiger partial charge in [-0.1, -0.05) is 17.7 Å². The first-order chi connectivity index (χ1) is 14.7. The molecule has 0 spiro atoms. The molecule has 1 heterocycles. The van der Waals surface area contributed by atoms with E-state index in [1.165, 1.54) is 22.5 Å². The second kappa shape index (κ2) is 9.46. The number of rotatable bonds is 6. The smallest absolute Gasteiger partial charge is 0.342 e. The highest BCUT2D eigenvalue weighted by Gasteiger charge is 2.28. The summed E-state index contributed by atoms with van der Waals surface area (Å²) in [6.07, 6.45) is 0. The van der Waals surface area contributed by atoms with E-state index in [1.54, 1.807) is 32.0 Å². The monoisotopic (exact) mass is 448 g/mol. The minimum Gasteiger partial charge on any atom is -0.507 e. The standard InChI is InChI=1S/C21H24N2O7S/c1-14-3-6-18(24)17(11-14)21(26)30-13-20(25)22-16-5-4-15(2)19(12-16)31(27,28)23-7-9-29-10-8-23/h3-6,11-12,24H,7-10,13H2,1-2H3,(H,22,25). The van der Waals surface area contributed by atoms with Crippen LogP contribution in [-0.4, -0.2) is 62.6 Å². The van der Waals surface area contributed by atoms with Gasteiger partial charge in [0.1, 0.15) is 11.3 Å². The number of hydrogen-bond acceptors (Lipinski definition) is 7. The zero-order chi connectivity index (χ0) is 22.6. The summed E-state index contributed by atoms with van der Waals surface area (Å²) in [4.78, 5) is 24.4. The fourth-order valence-electron chi connectivity index (χ4n) is 3.10. The summed E-state index contributed by atoms with van der Waals surface area (Å²) in [7, 11) is -3.73. The van der Waals surface area contributed by atoms with Gasteiger partial charge in [0.15, 0.2) is 6.61 Å². The average molecular weight is 448 g/mol. The largest absolute Gasteiger partial charge is 0.507 e. The molecule has 166 valence electrons. The minimum absolute atomic E-state index is 0.0398. The highest BCUT2D eigenvalue weighted by molar-refractivity contribution is 7.89. The van der Waals surface area contributed by atoms with E-state index in [0.29, 0.717) is 18.8 Å². The molecule has 0 aliphatic carbocycles. The van der Waals surface area contributed by atoms with Gasteiger partial charge < -0.3 is 19.9 Å². The maximum absolute atomic E-state index is 12.9. The lowest BCUT2D eigenvalue weighted by atomic mass is 10.1. The topological polar surface area (TPSA) is 122 Å². The number of phenols is 1. The molecule has 0 saturated carbocycles. The van der Waals surface area contributed by atoms with Crippen LogP contribution in [0.4, 0.5) is 5.69 Å². The van der Waals surface area contributed by atoms with E-state index in [2.05, 4.69) is 5.32 Å². The Morgan fingerprint density at radius 2 is 1.84 bits per heavy atom. The molecule has 0 atom stereocenters. The predicted octanol–water partition coefficient (Wildman–Crippen LogP) is 1.83. The van der Waals surface area contributed by atoms with Crippen LogP contribution in [0.3, 0.4) is 0 Å². The molecule has 0 radical (unpaired) electrons. The summed E-state index contributed by atoms with van der Waals surface area (Å²) >= 11 is 0. The summed E-state index contributed by atoms with van der Waals surface area (Å²) < 4.78 is 37.4. The van der Waals surface area contributed by atoms with Crippen LogP contribution in [0.2, 0.25) is 0 Å². The Morgan fingerprint density at radius 1 is 1.13 bits per heavy atom. The Kier molecular flexibility index (Phi) is 6.94. The van der Waals surface area contributed by atoms with Crippen LogP contribution in [0.15, 0.2) is 41.3 Å². The second-order valence-electron chi connectivity index (χ2n) is 7.14. The van der Waals surface area contributed by atoms with E-state index in [-0.39, 0.29) is 35.0 Å². The van der Waals surface area contributed by atoms with Crippen LogP contribution in [0, 0.1) is 13.8 Å². The third kappa shape index (κ3) is 5.40. The van der Waals surface area contributed by atoms with Crippen LogP contribution >= 0.6 is 0 Å². The lowest BCUT2D eigenvalue weighted by molar-refractivity contribution is -0.119. The molecule has 2 aromatic carbocycles. The lowest BCUT2D eigenvalue weighted by Crippen LogP contribution is -2.40. The molecule has 1 aliphatic rings. The van der Waals surface area contributed by atoms with Crippen LogP contribution in [0.5, 0.6) is 5.75 Å². The number of anilines is 1. The molecule has 1 aliphatic heterocycles. The number of esters is 1. The number of benzene rings is 2. The minimum atomic E-state index is -3.73. The summed E-state index contributed by atoms with van der Waals surface area (Å²) in [5, 5.41) is 12.3. The van der Waals surface area contributed by atoms with Crippen LogP contribution in [0.1, 0.15) is 21.5 Å². The highest BCUT2D eigenvalue weighted by Crippen LogP contribution is 2.24. The normalized spacial score (nSPS) is 14.8. The van der Waals surface area contributed by atoms with E-state index in [0.717, 1.165) is 5.56 Å². The fourth-order valence-corrected chi connectivity index (χ4v) is 4.76. The molecule has 1 fully saturated rings. The van der Waals surface area contributed by atoms with Gasteiger partial charge in [-0.2, -0.15) is 4.31 Å². The third-order valence-electron chi connectivity index (χ3n) is 4.77. The molecule has 9 nitrogen and oxygen atoms in total. The van der Waals surface area contributed by atoms with Crippen molar-refractivity contribution in [2.45, 2.75) is 18.7 Å². The number of nitrogens with one attached hydrogen (secondary N) is 1. The maximum Gasteiger partial charge on any atom is 0.342 e. The zero-order valence-corrected chi connectivity index (χ0v) is 18.1. The quantitative estimate of drug-likeness (QED) is 0.647. The number of carbonyl (C=O) groups excluding carboxylic acids is 2. The van der Waals surface area contributed by atoms with Crippen molar-refractivity contribution in [2.75, 3.05) is 38.2 Å². The summed E-state index contributed by atoms with van der Waals surface area (Å²) in [5.41, 5.74) is 1.52. The maximum atomic E-state index is 12.9. The van der Waals surface area contributed by atoms with Crippen molar-refractivity contribution in [3.63, 3.8) is 0 Å². The summed E-state index contributed by atoms with van der Waals surface area (Å²) in [6.45, 7) is 4.02. The number of hydrogen-bond donors (Lipinski definition) is 2. The molecule has 31 heavy (non-hydrogen) atoms. The molecule has 3 rings (SSSR count). The number of amides is 1. The number of nitrogens with zero attached hydrogens (tertiary/aromatic N) is 1. The van der Waals surface area contributed by atoms with Gasteiger partial charge in [-0.15, -0.1) is 0 Å². The predicted molar refractivity (Wildman–Crippen MR) is 113 cm³/mol. The number of carbonyl (C=O) groups is 2. The molecule has 1 amide bonds. The first-order valence-electron chi connectivity index (χ1n) is 9.63. The van der Waals surface area contributed by atoms with Crippen LogP contribution in [-0.2, 0) is 24.3 Å². The second-order valence-corrected chi connectivity index (χ2v) is 9.05. The van der Waals surface area contributed by atoms with Gasteiger partial charge in [0, 0.05) is 18.8 Å². The van der Waals surface area contributed by atoms with Crippen molar-refractivity contribution >= 4 is 27.6 Å². The molecule has 2 aromatic rings. The molecule has 0 aromatic heterocycles. The van der Waals surface area contributed by atoms with Crippen molar-refractivity contribution in [2.24, 2.45) is 0 Å². The summed E-state index contributed by atoms with van der Waals surface area (Å²) in [5.74, 6) is -1.72. The van der Waals surface area contributed by atoms with Crippen molar-refractivity contribution in [3.05, 3.63) is 53.1 Å². The van der Waals surface area contributed by atoms with Gasteiger partial charge in [-0.05, 0) is 43.7 Å². The Morgan fingerprint density at radius 3 is 2.55 bits per heavy atom. The number of morpholine rings is 1. The van der Waals surface area contributed by atoms with Gasteiger partial charge in [0.2, 0.25) is 10.0 Å². The van der Waals surface area contributed by atoms with Gasteiger partial charge in [0.05, 0.1) is 18.1 Å². The lowest BCUT2D eigenvalue weighted by Gasteiger charge is -2.26. The number of aromatic hydroxyl groups is 1. The first kappa shape index (κ1) is 22.7. The Hall–Kier alpha value is -2.95. The number of aryl methyl sites for hydroxylation is 2. The first-order valence-corrected chi connectivity index (χ1v) is 11.1. The van der Waals surface area contributed by atoms with E-state index in [9.17, 15) is 23.1 Å². The number of sulfonamides is 1. The van der Waals surface area contributed by atoms with Gasteiger partial charge in [0.25, 0.3) is 5.91 Å². The van der Waals surface area contributed by atoms with Gasteiger partial charge in [-0.3, -0.25) is 4.79 Å². The molecule has 2 N–H and O–H groups in total.